The fourth-order valence-corrected chi connectivity index (χ4v) is 0.808. The normalized spacial score (nSPS) is 13.5. The van der Waals surface area contributed by atoms with E-state index in [0.29, 0.717) is 0 Å². The van der Waals surface area contributed by atoms with Gasteiger partial charge in [0.1, 0.15) is 11.5 Å². The Labute approximate surface area is 60.5 Å². The average Bonchev–Trinajstić information content (AvgIpc) is 2.34. The zero-order chi connectivity index (χ0) is 7.56. The highest BCUT2D eigenvalue weighted by Crippen LogP contribution is 2.16. The quantitative estimate of drug-likeness (QED) is 0.678. The highest BCUT2D eigenvalue weighted by molar-refractivity contribution is 5.09. The summed E-state index contributed by atoms with van der Waals surface area (Å²) in [5, 5.41) is 8.74. The lowest BCUT2D eigenvalue weighted by atomic mass is 10.1. The Morgan fingerprint density at radius 2 is 2.30 bits per heavy atom. The van der Waals surface area contributed by atoms with Gasteiger partial charge in [-0.25, -0.2) is 0 Å². The van der Waals surface area contributed by atoms with Crippen LogP contribution in [0.2, 0.25) is 0 Å². The van der Waals surface area contributed by atoms with Gasteiger partial charge in [-0.05, 0) is 19.1 Å². The van der Waals surface area contributed by atoms with Crippen molar-refractivity contribution in [3.05, 3.63) is 23.7 Å². The first-order chi connectivity index (χ1) is 4.74. The Balaban J connectivity index is 2.74. The second-order valence-corrected chi connectivity index (χ2v) is 2.53. The first-order valence-electron chi connectivity index (χ1n) is 3.41. The monoisotopic (exact) mass is 140 g/mol. The van der Waals surface area contributed by atoms with Crippen molar-refractivity contribution in [2.45, 2.75) is 19.8 Å². The van der Waals surface area contributed by atoms with Crippen molar-refractivity contribution >= 4 is 0 Å². The van der Waals surface area contributed by atoms with Crippen LogP contribution in [-0.4, -0.2) is 11.7 Å². The molecule has 1 atom stereocenters. The minimum Gasteiger partial charge on any atom is -0.466 e. The van der Waals surface area contributed by atoms with E-state index in [4.69, 9.17) is 9.52 Å². The van der Waals surface area contributed by atoms with Crippen molar-refractivity contribution in [2.75, 3.05) is 6.61 Å². The maximum atomic E-state index is 8.74. The number of aliphatic hydroxyl groups excluding tert-OH is 1. The molecule has 0 fully saturated rings. The molecular formula is C8H12O2. The fourth-order valence-electron chi connectivity index (χ4n) is 0.808. The van der Waals surface area contributed by atoms with Crippen molar-refractivity contribution in [1.82, 2.24) is 0 Å². The van der Waals surface area contributed by atoms with E-state index in [9.17, 15) is 0 Å². The van der Waals surface area contributed by atoms with Crippen molar-refractivity contribution in [2.24, 2.45) is 0 Å². The maximum Gasteiger partial charge on any atom is 0.109 e. The van der Waals surface area contributed by atoms with Gasteiger partial charge in [0.05, 0.1) is 6.61 Å². The smallest absolute Gasteiger partial charge is 0.109 e. The summed E-state index contributed by atoms with van der Waals surface area (Å²) in [6.45, 7) is 3.97. The van der Waals surface area contributed by atoms with Crippen LogP contribution in [0.4, 0.5) is 0 Å². The molecule has 0 bridgehead atoms. The predicted octanol–water partition coefficient (Wildman–Crippen LogP) is 1.68. The maximum absolute atomic E-state index is 8.74. The molecule has 0 radical (unpaired) electrons. The Hall–Kier alpha value is -0.760. The molecule has 2 nitrogen and oxygen atoms in total. The molecule has 1 rings (SSSR count). The first kappa shape index (κ1) is 7.35. The molecular weight excluding hydrogens is 128 g/mol. The summed E-state index contributed by atoms with van der Waals surface area (Å²) >= 11 is 0. The van der Waals surface area contributed by atoms with Gasteiger partial charge in [0, 0.05) is 5.92 Å². The predicted molar refractivity (Wildman–Crippen MR) is 38.9 cm³/mol. The molecule has 0 aromatic carbocycles. The van der Waals surface area contributed by atoms with Gasteiger partial charge in [-0.3, -0.25) is 0 Å². The molecule has 10 heavy (non-hydrogen) atoms. The van der Waals surface area contributed by atoms with Gasteiger partial charge in [-0.15, -0.1) is 0 Å². The van der Waals surface area contributed by atoms with E-state index in [0.717, 1.165) is 11.5 Å². The molecule has 1 heterocycles. The summed E-state index contributed by atoms with van der Waals surface area (Å²) in [6, 6.07) is 3.80. The van der Waals surface area contributed by atoms with Crippen LogP contribution in [-0.2, 0) is 0 Å². The highest BCUT2D eigenvalue weighted by atomic mass is 16.3. The van der Waals surface area contributed by atoms with Gasteiger partial charge in [-0.2, -0.15) is 0 Å². The van der Waals surface area contributed by atoms with Crippen molar-refractivity contribution in [1.29, 1.82) is 0 Å². The molecule has 0 spiro atoms. The largest absolute Gasteiger partial charge is 0.466 e. The molecule has 1 aromatic rings. The second kappa shape index (κ2) is 2.88. The van der Waals surface area contributed by atoms with Crippen molar-refractivity contribution in [3.63, 3.8) is 0 Å². The number of aliphatic hydroxyl groups is 1. The van der Waals surface area contributed by atoms with Gasteiger partial charge in [0.25, 0.3) is 0 Å². The molecule has 0 amide bonds. The highest BCUT2D eigenvalue weighted by Gasteiger charge is 2.06. The Morgan fingerprint density at radius 1 is 1.60 bits per heavy atom. The summed E-state index contributed by atoms with van der Waals surface area (Å²) in [4.78, 5) is 0. The standard InChI is InChI=1S/C8H12O2/c1-6(5-9)8-4-3-7(2)10-8/h3-4,6,9H,5H2,1-2H3/t6-/m0/s1. The van der Waals surface area contributed by atoms with Gasteiger partial charge in [0.2, 0.25) is 0 Å². The van der Waals surface area contributed by atoms with Crippen LogP contribution in [0.15, 0.2) is 16.5 Å². The SMILES string of the molecule is Cc1ccc([C@@H](C)CO)o1. The minimum absolute atomic E-state index is 0.119. The molecule has 0 saturated carbocycles. The topological polar surface area (TPSA) is 33.4 Å². The van der Waals surface area contributed by atoms with Crippen molar-refractivity contribution in [3.8, 4) is 0 Å². The number of aryl methyl sites for hydroxylation is 1. The lowest BCUT2D eigenvalue weighted by molar-refractivity contribution is 0.256. The van der Waals surface area contributed by atoms with E-state index in [1.54, 1.807) is 0 Å². The Bertz CT molecular complexity index is 203. The number of hydrogen-bond acceptors (Lipinski definition) is 2. The minimum atomic E-state index is 0.119. The van der Waals surface area contributed by atoms with Crippen molar-refractivity contribution < 1.29 is 9.52 Å². The Morgan fingerprint density at radius 3 is 2.70 bits per heavy atom. The van der Waals surface area contributed by atoms with Gasteiger partial charge in [-0.1, -0.05) is 6.92 Å². The van der Waals surface area contributed by atoms with Gasteiger partial charge >= 0.3 is 0 Å². The van der Waals surface area contributed by atoms with E-state index in [1.165, 1.54) is 0 Å². The van der Waals surface area contributed by atoms with E-state index < -0.39 is 0 Å². The van der Waals surface area contributed by atoms with E-state index >= 15 is 0 Å². The third-order valence-corrected chi connectivity index (χ3v) is 1.52. The summed E-state index contributed by atoms with van der Waals surface area (Å²) in [5.41, 5.74) is 0. The van der Waals surface area contributed by atoms with Crippen LogP contribution in [0.1, 0.15) is 24.4 Å². The van der Waals surface area contributed by atoms with E-state index in [1.807, 2.05) is 26.0 Å². The molecule has 0 aliphatic rings. The van der Waals surface area contributed by atoms with Gasteiger partial charge < -0.3 is 9.52 Å². The molecule has 1 N–H and O–H groups in total. The molecule has 56 valence electrons. The van der Waals surface area contributed by atoms with Crippen LogP contribution in [0.5, 0.6) is 0 Å². The van der Waals surface area contributed by atoms with Crippen LogP contribution >= 0.6 is 0 Å². The van der Waals surface area contributed by atoms with Gasteiger partial charge in [0.15, 0.2) is 0 Å². The molecule has 1 aromatic heterocycles. The van der Waals surface area contributed by atoms with E-state index in [2.05, 4.69) is 0 Å². The third kappa shape index (κ3) is 1.39. The van der Waals surface area contributed by atoms with E-state index in [-0.39, 0.29) is 12.5 Å². The molecule has 0 unspecified atom stereocenters. The zero-order valence-electron chi connectivity index (χ0n) is 6.29. The third-order valence-electron chi connectivity index (χ3n) is 1.52. The zero-order valence-corrected chi connectivity index (χ0v) is 6.29. The second-order valence-electron chi connectivity index (χ2n) is 2.53. The summed E-state index contributed by atoms with van der Waals surface area (Å²) in [5.74, 6) is 1.88. The lowest BCUT2D eigenvalue weighted by Gasteiger charge is -2.01. The molecule has 0 aliphatic carbocycles. The van der Waals surface area contributed by atoms with Crippen LogP contribution in [0.3, 0.4) is 0 Å². The molecule has 0 saturated heterocycles. The lowest BCUT2D eigenvalue weighted by Crippen LogP contribution is -1.95. The van der Waals surface area contributed by atoms with Crippen LogP contribution in [0.25, 0.3) is 0 Å². The molecule has 0 aliphatic heterocycles. The summed E-state index contributed by atoms with van der Waals surface area (Å²) in [6.07, 6.45) is 0. The van der Waals surface area contributed by atoms with Crippen LogP contribution in [0, 0.1) is 6.92 Å². The summed E-state index contributed by atoms with van der Waals surface area (Å²) < 4.78 is 5.28. The van der Waals surface area contributed by atoms with Crippen LogP contribution < -0.4 is 0 Å². The summed E-state index contributed by atoms with van der Waals surface area (Å²) in [7, 11) is 0. The number of rotatable bonds is 2. The first-order valence-corrected chi connectivity index (χ1v) is 3.41. The average molecular weight is 140 g/mol. The fraction of sp³-hybridized carbons (Fsp3) is 0.500. The number of furan rings is 1. The number of hydrogen-bond donors (Lipinski definition) is 1. The Kier molecular flexibility index (Phi) is 2.12. The molecule has 2 heteroatoms.